The second-order valence-corrected chi connectivity index (χ2v) is 14.3. The first-order valence-corrected chi connectivity index (χ1v) is 15.7. The van der Waals surface area contributed by atoms with Crippen LogP contribution in [0, 0.1) is 5.41 Å². The summed E-state index contributed by atoms with van der Waals surface area (Å²) in [6.45, 7) is 13.8. The van der Waals surface area contributed by atoms with E-state index in [0.717, 1.165) is 49.6 Å². The van der Waals surface area contributed by atoms with Gasteiger partial charge in [0.1, 0.15) is 18.7 Å². The molecule has 0 atom stereocenters. The topological polar surface area (TPSA) is 79.1 Å². The molecule has 3 heterocycles. The van der Waals surface area contributed by atoms with Gasteiger partial charge in [0, 0.05) is 63.4 Å². The quantitative estimate of drug-likeness (QED) is 0.111. The Balaban J connectivity index is 1.60. The first-order valence-electron chi connectivity index (χ1n) is 14.9. The normalized spacial score (nSPS) is 12.0. The van der Waals surface area contributed by atoms with Gasteiger partial charge in [0.25, 0.3) is 0 Å². The largest absolute Gasteiger partial charge is 0.487 e. The molecule has 7 nitrogen and oxygen atoms in total. The number of benzene rings is 2. The van der Waals surface area contributed by atoms with Crippen molar-refractivity contribution >= 4 is 28.6 Å². The van der Waals surface area contributed by atoms with Crippen molar-refractivity contribution in [2.24, 2.45) is 5.41 Å². The number of pyridine rings is 1. The Labute approximate surface area is 264 Å². The fraction of sp³-hybridized carbons (Fsp3) is 0.333. The third-order valence-corrected chi connectivity index (χ3v) is 8.51. The van der Waals surface area contributed by atoms with Crippen molar-refractivity contribution in [1.29, 1.82) is 0 Å². The number of thioether (sulfide) groups is 1. The van der Waals surface area contributed by atoms with E-state index in [2.05, 4.69) is 76.7 Å². The highest BCUT2D eigenvalue weighted by molar-refractivity contribution is 8.00. The first kappa shape index (κ1) is 31.3. The number of carbonyl (C=O) groups is 1. The maximum Gasteiger partial charge on any atom is 0.311 e. The van der Waals surface area contributed by atoms with Crippen LogP contribution in [0.3, 0.4) is 0 Å². The molecule has 2 aromatic carbocycles. The molecular formula is C36H40N4O3S. The highest BCUT2D eigenvalue weighted by Gasteiger charge is 2.34. The van der Waals surface area contributed by atoms with E-state index in [4.69, 9.17) is 9.47 Å². The predicted octanol–water partition coefficient (Wildman–Crippen LogP) is 8.14. The van der Waals surface area contributed by atoms with Gasteiger partial charge in [-0.1, -0.05) is 51.1 Å². The Hall–Kier alpha value is -4.17. The van der Waals surface area contributed by atoms with Crippen LogP contribution in [-0.4, -0.2) is 36.8 Å². The monoisotopic (exact) mass is 608 g/mol. The number of aromatic nitrogens is 4. The summed E-state index contributed by atoms with van der Waals surface area (Å²) in [6.07, 6.45) is 7.48. The average Bonchev–Trinajstić information content (AvgIpc) is 3.26. The number of esters is 1. The molecule has 0 radical (unpaired) electrons. The molecule has 0 unspecified atom stereocenters. The van der Waals surface area contributed by atoms with Gasteiger partial charge in [-0.05, 0) is 62.2 Å². The van der Waals surface area contributed by atoms with Gasteiger partial charge in [-0.15, -0.1) is 11.8 Å². The Morgan fingerprint density at radius 2 is 1.68 bits per heavy atom. The minimum atomic E-state index is -0.717. The van der Waals surface area contributed by atoms with E-state index >= 15 is 0 Å². The molecule has 0 bridgehead atoms. The van der Waals surface area contributed by atoms with E-state index in [-0.39, 0.29) is 10.7 Å². The van der Waals surface area contributed by atoms with Crippen molar-refractivity contribution in [3.63, 3.8) is 0 Å². The van der Waals surface area contributed by atoms with Crippen LogP contribution in [0.5, 0.6) is 5.75 Å². The van der Waals surface area contributed by atoms with E-state index in [1.54, 1.807) is 6.20 Å². The molecule has 0 saturated carbocycles. The second kappa shape index (κ2) is 13.2. The number of rotatable bonds is 11. The van der Waals surface area contributed by atoms with Gasteiger partial charge in [0.05, 0.1) is 17.7 Å². The Morgan fingerprint density at radius 1 is 0.932 bits per heavy atom. The first-order chi connectivity index (χ1) is 21.0. The zero-order valence-corrected chi connectivity index (χ0v) is 27.1. The summed E-state index contributed by atoms with van der Waals surface area (Å²) in [5.74, 6) is 0.582. The molecule has 5 aromatic rings. The summed E-state index contributed by atoms with van der Waals surface area (Å²) in [5.41, 5.74) is 5.55. The van der Waals surface area contributed by atoms with Crippen LogP contribution in [0.2, 0.25) is 0 Å². The van der Waals surface area contributed by atoms with Gasteiger partial charge >= 0.3 is 5.97 Å². The summed E-state index contributed by atoms with van der Waals surface area (Å²) >= 11 is 1.82. The number of nitrogens with zero attached hydrogens (tertiary/aromatic N) is 4. The van der Waals surface area contributed by atoms with Crippen LogP contribution in [0.4, 0.5) is 0 Å². The lowest BCUT2D eigenvalue weighted by molar-refractivity contribution is -0.153. The van der Waals surface area contributed by atoms with Gasteiger partial charge in [-0.3, -0.25) is 9.78 Å². The van der Waals surface area contributed by atoms with Crippen molar-refractivity contribution in [2.45, 2.75) is 70.8 Å². The van der Waals surface area contributed by atoms with Crippen LogP contribution in [0.1, 0.15) is 58.5 Å². The predicted molar refractivity (Wildman–Crippen MR) is 177 cm³/mol. The number of hydrogen-bond donors (Lipinski definition) is 0. The average molecular weight is 609 g/mol. The summed E-state index contributed by atoms with van der Waals surface area (Å²) in [7, 11) is 0. The molecule has 44 heavy (non-hydrogen) atoms. The summed E-state index contributed by atoms with van der Waals surface area (Å²) in [6, 6.07) is 20.6. The molecule has 5 rings (SSSR count). The molecule has 8 heteroatoms. The van der Waals surface area contributed by atoms with Crippen molar-refractivity contribution < 1.29 is 14.3 Å². The van der Waals surface area contributed by atoms with E-state index in [1.807, 2.05) is 69.2 Å². The Bertz CT molecular complexity index is 1710. The molecule has 0 aliphatic carbocycles. The fourth-order valence-corrected chi connectivity index (χ4v) is 6.30. The smallest absolute Gasteiger partial charge is 0.311 e. The molecule has 228 valence electrons. The van der Waals surface area contributed by atoms with Gasteiger partial charge in [-0.25, -0.2) is 9.97 Å². The van der Waals surface area contributed by atoms with Crippen molar-refractivity contribution in [3.8, 4) is 16.9 Å². The van der Waals surface area contributed by atoms with Gasteiger partial charge in [0.15, 0.2) is 0 Å². The number of ether oxygens (including phenoxy) is 2. The van der Waals surface area contributed by atoms with E-state index in [1.165, 1.54) is 6.33 Å². The lowest BCUT2D eigenvalue weighted by Crippen LogP contribution is -2.30. The van der Waals surface area contributed by atoms with Crippen LogP contribution in [-0.2, 0) is 29.1 Å². The molecule has 0 aliphatic heterocycles. The molecular weight excluding hydrogens is 568 g/mol. The van der Waals surface area contributed by atoms with Crippen molar-refractivity contribution in [1.82, 2.24) is 19.5 Å². The highest BCUT2D eigenvalue weighted by atomic mass is 32.2. The minimum absolute atomic E-state index is 0.0633. The SMILES string of the molecule is CCOC(=O)C(C)(C)Cc1c(SC(C)(C)C)c2cc(OCc3ccccn3)ccc2n1Cc1ccc(-c2cncnc2)cc1. The maximum absolute atomic E-state index is 13.1. The third kappa shape index (κ3) is 7.48. The van der Waals surface area contributed by atoms with Crippen molar-refractivity contribution in [2.75, 3.05) is 6.61 Å². The Kier molecular flexibility index (Phi) is 9.39. The maximum atomic E-state index is 13.1. The zero-order valence-electron chi connectivity index (χ0n) is 26.3. The van der Waals surface area contributed by atoms with E-state index < -0.39 is 5.41 Å². The molecule has 0 N–H and O–H groups in total. The van der Waals surface area contributed by atoms with Crippen LogP contribution < -0.4 is 4.74 Å². The van der Waals surface area contributed by atoms with E-state index in [9.17, 15) is 4.79 Å². The molecule has 0 saturated heterocycles. The van der Waals surface area contributed by atoms with Crippen LogP contribution >= 0.6 is 11.8 Å². The lowest BCUT2D eigenvalue weighted by Gasteiger charge is -2.26. The molecule has 0 amide bonds. The molecule has 0 spiro atoms. The number of fused-ring (bicyclic) bond motifs is 1. The van der Waals surface area contributed by atoms with Gasteiger partial charge in [0.2, 0.25) is 0 Å². The summed E-state index contributed by atoms with van der Waals surface area (Å²) in [4.78, 5) is 27.0. The van der Waals surface area contributed by atoms with Crippen LogP contribution in [0.15, 0.2) is 90.5 Å². The fourth-order valence-electron chi connectivity index (χ4n) is 5.11. The molecule has 3 aromatic heterocycles. The van der Waals surface area contributed by atoms with Gasteiger partial charge < -0.3 is 14.0 Å². The zero-order chi connectivity index (χ0) is 31.3. The van der Waals surface area contributed by atoms with Crippen LogP contribution in [0.25, 0.3) is 22.0 Å². The minimum Gasteiger partial charge on any atom is -0.487 e. The third-order valence-electron chi connectivity index (χ3n) is 7.24. The lowest BCUT2D eigenvalue weighted by atomic mass is 9.87. The Morgan fingerprint density at radius 3 is 2.34 bits per heavy atom. The summed E-state index contributed by atoms with van der Waals surface area (Å²) in [5, 5.41) is 1.11. The number of carbonyl (C=O) groups excluding carboxylic acids is 1. The summed E-state index contributed by atoms with van der Waals surface area (Å²) < 4.78 is 14.0. The molecule has 0 fully saturated rings. The van der Waals surface area contributed by atoms with E-state index in [0.29, 0.717) is 26.2 Å². The standard InChI is InChI=1S/C36H40N4O3S/c1-7-42-34(41)36(5,6)19-32-33(44-35(2,3)4)30-18-29(43-23-28-10-8-9-17-39-28)15-16-31(30)40(32)22-25-11-13-26(14-12-25)27-20-37-24-38-21-27/h8-18,20-21,24H,7,19,22-23H2,1-6H3. The van der Waals surface area contributed by atoms with Gasteiger partial charge in [-0.2, -0.15) is 0 Å². The highest BCUT2D eigenvalue weighted by Crippen LogP contribution is 2.44. The molecule has 0 aliphatic rings. The number of hydrogen-bond acceptors (Lipinski definition) is 7. The second-order valence-electron chi connectivity index (χ2n) is 12.5. The van der Waals surface area contributed by atoms with Crippen molar-refractivity contribution in [3.05, 3.63) is 103 Å².